The van der Waals surface area contributed by atoms with Crippen LogP contribution in [-0.4, -0.2) is 5.78 Å². The highest BCUT2D eigenvalue weighted by atomic mass is 16.1. The minimum Gasteiger partial charge on any atom is -0.295 e. The van der Waals surface area contributed by atoms with E-state index in [0.29, 0.717) is 11.7 Å². The molecular weight excluding hydrogens is 184 g/mol. The zero-order chi connectivity index (χ0) is 10.9. The quantitative estimate of drug-likeness (QED) is 0.636. The fourth-order valence-corrected chi connectivity index (χ4v) is 3.11. The topological polar surface area (TPSA) is 17.1 Å². The van der Waals surface area contributed by atoms with Crippen LogP contribution in [-0.2, 0) is 4.79 Å². The van der Waals surface area contributed by atoms with E-state index < -0.39 is 0 Å². The molecule has 2 aliphatic rings. The van der Waals surface area contributed by atoms with Crippen LogP contribution in [0.2, 0.25) is 0 Å². The van der Waals surface area contributed by atoms with E-state index in [4.69, 9.17) is 0 Å². The summed E-state index contributed by atoms with van der Waals surface area (Å²) in [5, 5.41) is 0. The summed E-state index contributed by atoms with van der Waals surface area (Å²) in [7, 11) is 0. The van der Waals surface area contributed by atoms with E-state index in [0.717, 1.165) is 12.8 Å². The summed E-state index contributed by atoms with van der Waals surface area (Å²) in [6.07, 6.45) is 10.5. The zero-order valence-corrected chi connectivity index (χ0v) is 10.0. The van der Waals surface area contributed by atoms with Crippen LogP contribution in [0.3, 0.4) is 0 Å². The lowest BCUT2D eigenvalue weighted by molar-refractivity contribution is -0.115. The number of ketones is 1. The van der Waals surface area contributed by atoms with Gasteiger partial charge in [0.15, 0.2) is 5.78 Å². The van der Waals surface area contributed by atoms with Gasteiger partial charge in [0.05, 0.1) is 0 Å². The number of rotatable bonds is 1. The van der Waals surface area contributed by atoms with Gasteiger partial charge in [-0.1, -0.05) is 38.7 Å². The molecule has 0 radical (unpaired) electrons. The number of hydrogen-bond acceptors (Lipinski definition) is 1. The smallest absolute Gasteiger partial charge is 0.155 e. The molecule has 0 spiro atoms. The van der Waals surface area contributed by atoms with Gasteiger partial charge < -0.3 is 0 Å². The Kier molecular flexibility index (Phi) is 2.99. The van der Waals surface area contributed by atoms with Gasteiger partial charge in [0, 0.05) is 6.42 Å². The molecular formula is C14H22O. The summed E-state index contributed by atoms with van der Waals surface area (Å²) in [4.78, 5) is 11.5. The van der Waals surface area contributed by atoms with Crippen LogP contribution in [0.1, 0.15) is 58.8 Å². The Morgan fingerprint density at radius 2 is 1.87 bits per heavy atom. The van der Waals surface area contributed by atoms with Crippen molar-refractivity contribution >= 4 is 5.78 Å². The number of hydrogen-bond donors (Lipinski definition) is 0. The van der Waals surface area contributed by atoms with Crippen molar-refractivity contribution in [3.63, 3.8) is 0 Å². The van der Waals surface area contributed by atoms with Gasteiger partial charge in [-0.25, -0.2) is 0 Å². The van der Waals surface area contributed by atoms with Crippen molar-refractivity contribution in [3.05, 3.63) is 11.6 Å². The third-order valence-corrected chi connectivity index (χ3v) is 4.14. The fourth-order valence-electron chi connectivity index (χ4n) is 3.11. The Hall–Kier alpha value is -0.590. The Morgan fingerprint density at radius 3 is 2.53 bits per heavy atom. The summed E-state index contributed by atoms with van der Waals surface area (Å²) in [5.41, 5.74) is 1.73. The third kappa shape index (κ3) is 2.32. The van der Waals surface area contributed by atoms with Crippen molar-refractivity contribution in [1.29, 1.82) is 0 Å². The fraction of sp³-hybridized carbons (Fsp3) is 0.786. The molecule has 84 valence electrons. The molecule has 0 saturated heterocycles. The molecule has 0 aromatic heterocycles. The van der Waals surface area contributed by atoms with E-state index in [1.807, 2.05) is 6.08 Å². The van der Waals surface area contributed by atoms with Crippen LogP contribution in [0.4, 0.5) is 0 Å². The molecule has 1 heteroatoms. The number of allylic oxidation sites excluding steroid dienone is 2. The predicted octanol–water partition coefficient (Wildman–Crippen LogP) is 3.88. The third-order valence-electron chi connectivity index (χ3n) is 4.14. The van der Waals surface area contributed by atoms with E-state index in [9.17, 15) is 4.79 Å². The standard InChI is InChI=1S/C14H22O/c1-14(2)9-8-12(15)10-13(14)11-6-4-3-5-7-11/h10-11H,3-9H2,1-2H3. The minimum atomic E-state index is 0.274. The molecule has 0 unspecified atom stereocenters. The lowest BCUT2D eigenvalue weighted by Crippen LogP contribution is -2.28. The second-order valence-electron chi connectivity index (χ2n) is 5.78. The molecule has 2 aliphatic carbocycles. The Bertz CT molecular complexity index is 280. The summed E-state index contributed by atoms with van der Waals surface area (Å²) in [5.74, 6) is 1.06. The maximum atomic E-state index is 11.5. The average molecular weight is 206 g/mol. The van der Waals surface area contributed by atoms with Gasteiger partial charge in [0.2, 0.25) is 0 Å². The van der Waals surface area contributed by atoms with Crippen LogP contribution in [0.25, 0.3) is 0 Å². The molecule has 0 atom stereocenters. The van der Waals surface area contributed by atoms with Crippen molar-refractivity contribution in [2.75, 3.05) is 0 Å². The summed E-state index contributed by atoms with van der Waals surface area (Å²) in [6.45, 7) is 4.61. The first kappa shape index (κ1) is 10.9. The molecule has 0 N–H and O–H groups in total. The summed E-state index contributed by atoms with van der Waals surface area (Å²) in [6, 6.07) is 0. The molecule has 15 heavy (non-hydrogen) atoms. The maximum Gasteiger partial charge on any atom is 0.155 e. The molecule has 0 aliphatic heterocycles. The van der Waals surface area contributed by atoms with E-state index in [2.05, 4.69) is 13.8 Å². The van der Waals surface area contributed by atoms with Gasteiger partial charge in [-0.2, -0.15) is 0 Å². The molecule has 0 heterocycles. The van der Waals surface area contributed by atoms with Gasteiger partial charge in [0.1, 0.15) is 0 Å². The number of carbonyl (C=O) groups is 1. The SMILES string of the molecule is CC1(C)CCC(=O)C=C1C1CCCCC1. The molecule has 0 aromatic rings. The largest absolute Gasteiger partial charge is 0.295 e. The monoisotopic (exact) mass is 206 g/mol. The van der Waals surface area contributed by atoms with Gasteiger partial charge in [-0.15, -0.1) is 0 Å². The molecule has 1 nitrogen and oxygen atoms in total. The predicted molar refractivity (Wildman–Crippen MR) is 62.7 cm³/mol. The summed E-state index contributed by atoms with van der Waals surface area (Å²) >= 11 is 0. The summed E-state index contributed by atoms with van der Waals surface area (Å²) < 4.78 is 0. The zero-order valence-electron chi connectivity index (χ0n) is 10.0. The second kappa shape index (κ2) is 4.11. The van der Waals surface area contributed by atoms with Crippen molar-refractivity contribution in [2.45, 2.75) is 58.8 Å². The highest BCUT2D eigenvalue weighted by Crippen LogP contribution is 2.44. The Morgan fingerprint density at radius 1 is 1.20 bits per heavy atom. The average Bonchev–Trinajstić information content (AvgIpc) is 2.23. The molecule has 1 fully saturated rings. The Balaban J connectivity index is 2.19. The van der Waals surface area contributed by atoms with Crippen LogP contribution in [0, 0.1) is 11.3 Å². The second-order valence-corrected chi connectivity index (χ2v) is 5.78. The lowest BCUT2D eigenvalue weighted by Gasteiger charge is -2.37. The molecule has 2 rings (SSSR count). The van der Waals surface area contributed by atoms with Crippen LogP contribution < -0.4 is 0 Å². The molecule has 0 aromatic carbocycles. The first-order valence-electron chi connectivity index (χ1n) is 6.34. The number of carbonyl (C=O) groups excluding carboxylic acids is 1. The van der Waals surface area contributed by atoms with E-state index in [-0.39, 0.29) is 5.41 Å². The molecule has 0 bridgehead atoms. The minimum absolute atomic E-state index is 0.274. The Labute approximate surface area is 92.9 Å². The van der Waals surface area contributed by atoms with Crippen LogP contribution >= 0.6 is 0 Å². The normalized spacial score (nSPS) is 27.6. The van der Waals surface area contributed by atoms with Gasteiger partial charge in [0.25, 0.3) is 0 Å². The highest BCUT2D eigenvalue weighted by Gasteiger charge is 2.33. The van der Waals surface area contributed by atoms with Gasteiger partial charge >= 0.3 is 0 Å². The van der Waals surface area contributed by atoms with Crippen LogP contribution in [0.15, 0.2) is 11.6 Å². The van der Waals surface area contributed by atoms with Gasteiger partial charge in [-0.05, 0) is 36.7 Å². The van der Waals surface area contributed by atoms with Crippen LogP contribution in [0.5, 0.6) is 0 Å². The highest BCUT2D eigenvalue weighted by molar-refractivity contribution is 5.91. The lowest BCUT2D eigenvalue weighted by atomic mass is 9.67. The van der Waals surface area contributed by atoms with Crippen molar-refractivity contribution in [1.82, 2.24) is 0 Å². The van der Waals surface area contributed by atoms with Crippen molar-refractivity contribution in [3.8, 4) is 0 Å². The van der Waals surface area contributed by atoms with Crippen molar-refractivity contribution in [2.24, 2.45) is 11.3 Å². The molecule has 0 amide bonds. The van der Waals surface area contributed by atoms with E-state index in [1.165, 1.54) is 37.7 Å². The van der Waals surface area contributed by atoms with Gasteiger partial charge in [-0.3, -0.25) is 4.79 Å². The van der Waals surface area contributed by atoms with E-state index in [1.54, 1.807) is 0 Å². The first-order chi connectivity index (χ1) is 7.09. The first-order valence-corrected chi connectivity index (χ1v) is 6.34. The molecule has 1 saturated carbocycles. The maximum absolute atomic E-state index is 11.5. The van der Waals surface area contributed by atoms with E-state index >= 15 is 0 Å². The van der Waals surface area contributed by atoms with Crippen molar-refractivity contribution < 1.29 is 4.79 Å².